The number of morpholine rings is 1. The molecule has 4 heterocycles. The topological polar surface area (TPSA) is 60.4 Å². The summed E-state index contributed by atoms with van der Waals surface area (Å²) < 4.78 is 12.0. The van der Waals surface area contributed by atoms with E-state index in [1.165, 1.54) is 0 Å². The molecule has 0 aromatic carbocycles. The minimum atomic E-state index is -0.219. The summed E-state index contributed by atoms with van der Waals surface area (Å²) in [5, 5.41) is 0. The van der Waals surface area contributed by atoms with Crippen LogP contribution >= 0.6 is 0 Å². The van der Waals surface area contributed by atoms with Crippen LogP contribution in [0.1, 0.15) is 25.5 Å². The van der Waals surface area contributed by atoms with Crippen molar-refractivity contribution >= 4 is 5.82 Å². The van der Waals surface area contributed by atoms with Gasteiger partial charge in [-0.05, 0) is 38.8 Å². The van der Waals surface area contributed by atoms with Gasteiger partial charge in [-0.2, -0.15) is 0 Å². The lowest BCUT2D eigenvalue weighted by atomic mass is 9.93. The Bertz CT molecular complexity index is 731. The molecule has 2 saturated heterocycles. The van der Waals surface area contributed by atoms with Crippen molar-refractivity contribution in [1.29, 1.82) is 0 Å². The summed E-state index contributed by atoms with van der Waals surface area (Å²) in [7, 11) is 0. The van der Waals surface area contributed by atoms with Crippen molar-refractivity contribution in [2.75, 3.05) is 31.2 Å². The Balaban J connectivity index is 1.65. The third kappa shape index (κ3) is 3.50. The molecule has 2 aromatic heterocycles. The molecule has 2 atom stereocenters. The molecule has 0 bridgehead atoms. The molecule has 25 heavy (non-hydrogen) atoms. The maximum atomic E-state index is 6.29. The Labute approximate surface area is 148 Å². The van der Waals surface area contributed by atoms with E-state index in [4.69, 9.17) is 14.5 Å². The highest BCUT2D eigenvalue weighted by molar-refractivity contribution is 5.57. The van der Waals surface area contributed by atoms with E-state index in [9.17, 15) is 0 Å². The number of nitrogens with zero attached hydrogens (tertiary/aromatic N) is 4. The second-order valence-corrected chi connectivity index (χ2v) is 7.08. The van der Waals surface area contributed by atoms with Crippen molar-refractivity contribution in [2.24, 2.45) is 0 Å². The van der Waals surface area contributed by atoms with Gasteiger partial charge in [-0.15, -0.1) is 0 Å². The van der Waals surface area contributed by atoms with Crippen LogP contribution in [0.3, 0.4) is 0 Å². The maximum absolute atomic E-state index is 6.29. The molecule has 2 aromatic rings. The van der Waals surface area contributed by atoms with E-state index in [-0.39, 0.29) is 11.7 Å². The van der Waals surface area contributed by atoms with Gasteiger partial charge < -0.3 is 14.4 Å². The number of aryl methyl sites for hydroxylation is 1. The fourth-order valence-electron chi connectivity index (χ4n) is 3.78. The monoisotopic (exact) mass is 340 g/mol. The van der Waals surface area contributed by atoms with E-state index in [0.717, 1.165) is 55.4 Å². The number of hydrogen-bond acceptors (Lipinski definition) is 6. The van der Waals surface area contributed by atoms with E-state index in [0.29, 0.717) is 6.61 Å². The molecule has 2 fully saturated rings. The molecule has 2 unspecified atom stereocenters. The smallest absolute Gasteiger partial charge is 0.163 e. The second kappa shape index (κ2) is 6.69. The lowest BCUT2D eigenvalue weighted by Crippen LogP contribution is -2.58. The van der Waals surface area contributed by atoms with Crippen molar-refractivity contribution in [3.05, 3.63) is 36.3 Å². The molecular formula is C19H24N4O2. The second-order valence-electron chi connectivity index (χ2n) is 7.08. The van der Waals surface area contributed by atoms with Crippen LogP contribution in [0.4, 0.5) is 5.82 Å². The molecule has 6 nitrogen and oxygen atoms in total. The van der Waals surface area contributed by atoms with Gasteiger partial charge in [0.25, 0.3) is 0 Å². The Morgan fingerprint density at radius 2 is 2.24 bits per heavy atom. The number of rotatable bonds is 2. The van der Waals surface area contributed by atoms with Crippen LogP contribution in [0.15, 0.2) is 30.6 Å². The zero-order valence-corrected chi connectivity index (χ0v) is 14.8. The molecular weight excluding hydrogens is 316 g/mol. The fourth-order valence-corrected chi connectivity index (χ4v) is 3.78. The molecule has 4 rings (SSSR count). The summed E-state index contributed by atoms with van der Waals surface area (Å²) in [4.78, 5) is 15.9. The quantitative estimate of drug-likeness (QED) is 0.837. The van der Waals surface area contributed by atoms with Crippen LogP contribution in [-0.2, 0) is 9.47 Å². The van der Waals surface area contributed by atoms with Crippen molar-refractivity contribution in [3.8, 4) is 11.4 Å². The molecule has 6 heteroatoms. The summed E-state index contributed by atoms with van der Waals surface area (Å²) in [6, 6.07) is 5.95. The lowest BCUT2D eigenvalue weighted by Gasteiger charge is -2.47. The van der Waals surface area contributed by atoms with Gasteiger partial charge in [0.2, 0.25) is 0 Å². The average Bonchev–Trinajstić information content (AvgIpc) is 2.62. The van der Waals surface area contributed by atoms with Gasteiger partial charge in [-0.3, -0.25) is 4.98 Å². The molecule has 2 aliphatic heterocycles. The fraction of sp³-hybridized carbons (Fsp3) is 0.526. The lowest BCUT2D eigenvalue weighted by molar-refractivity contribution is -0.160. The molecule has 2 aliphatic rings. The normalized spacial score (nSPS) is 26.8. The minimum absolute atomic E-state index is 0.146. The van der Waals surface area contributed by atoms with Crippen LogP contribution in [-0.4, -0.2) is 53.0 Å². The molecule has 0 saturated carbocycles. The summed E-state index contributed by atoms with van der Waals surface area (Å²) in [5.41, 5.74) is 1.67. The zero-order chi connectivity index (χ0) is 17.3. The predicted molar refractivity (Wildman–Crippen MR) is 95.5 cm³/mol. The summed E-state index contributed by atoms with van der Waals surface area (Å²) in [5.74, 6) is 1.67. The van der Waals surface area contributed by atoms with E-state index >= 15 is 0 Å². The number of ether oxygens (including phenoxy) is 2. The minimum Gasteiger partial charge on any atom is -0.378 e. The Morgan fingerprint density at radius 3 is 3.00 bits per heavy atom. The molecule has 0 amide bonds. The van der Waals surface area contributed by atoms with Gasteiger partial charge in [0.05, 0.1) is 19.3 Å². The van der Waals surface area contributed by atoms with Crippen molar-refractivity contribution in [3.63, 3.8) is 0 Å². The van der Waals surface area contributed by atoms with Gasteiger partial charge in [0.1, 0.15) is 11.4 Å². The molecule has 0 radical (unpaired) electrons. The third-order valence-electron chi connectivity index (χ3n) is 4.78. The maximum Gasteiger partial charge on any atom is 0.163 e. The third-order valence-corrected chi connectivity index (χ3v) is 4.78. The molecule has 0 aliphatic carbocycles. The highest BCUT2D eigenvalue weighted by Gasteiger charge is 2.41. The van der Waals surface area contributed by atoms with Crippen molar-refractivity contribution in [2.45, 2.75) is 38.4 Å². The van der Waals surface area contributed by atoms with Crippen LogP contribution in [0.25, 0.3) is 11.4 Å². The van der Waals surface area contributed by atoms with E-state index < -0.39 is 0 Å². The number of hydrogen-bond donors (Lipinski definition) is 0. The van der Waals surface area contributed by atoms with E-state index in [1.807, 2.05) is 19.1 Å². The highest BCUT2D eigenvalue weighted by Crippen LogP contribution is 2.32. The Morgan fingerprint density at radius 1 is 1.32 bits per heavy atom. The largest absolute Gasteiger partial charge is 0.378 e. The van der Waals surface area contributed by atoms with Gasteiger partial charge in [0.15, 0.2) is 5.82 Å². The average molecular weight is 340 g/mol. The Kier molecular flexibility index (Phi) is 4.39. The summed E-state index contributed by atoms with van der Waals surface area (Å²) in [6.07, 6.45) is 5.79. The first-order valence-corrected chi connectivity index (χ1v) is 8.90. The van der Waals surface area contributed by atoms with Gasteiger partial charge in [0, 0.05) is 42.9 Å². The first kappa shape index (κ1) is 16.4. The van der Waals surface area contributed by atoms with Crippen LogP contribution in [0, 0.1) is 6.92 Å². The first-order valence-electron chi connectivity index (χ1n) is 8.90. The van der Waals surface area contributed by atoms with Crippen LogP contribution in [0.2, 0.25) is 0 Å². The number of pyridine rings is 1. The van der Waals surface area contributed by atoms with Crippen LogP contribution in [0.5, 0.6) is 0 Å². The first-order chi connectivity index (χ1) is 12.1. The zero-order valence-electron chi connectivity index (χ0n) is 14.8. The number of anilines is 1. The number of aromatic nitrogens is 3. The van der Waals surface area contributed by atoms with Crippen molar-refractivity contribution in [1.82, 2.24) is 15.0 Å². The SMILES string of the molecule is Cc1cc(N2CC(C)OC3(CCCOC3)C2)nc(-c2cccnc2)n1. The standard InChI is InChI=1S/C19H24N4O2/c1-14-9-17(22-18(21-14)16-5-3-7-20-10-16)23-11-15(2)25-19(12-23)6-4-8-24-13-19/h3,5,7,9-10,15H,4,6,8,11-13H2,1-2H3. The summed E-state index contributed by atoms with van der Waals surface area (Å²) >= 11 is 0. The van der Waals surface area contributed by atoms with Gasteiger partial charge >= 0.3 is 0 Å². The van der Waals surface area contributed by atoms with E-state index in [1.54, 1.807) is 12.4 Å². The molecule has 132 valence electrons. The Hall–Kier alpha value is -2.05. The van der Waals surface area contributed by atoms with Crippen molar-refractivity contribution < 1.29 is 9.47 Å². The summed E-state index contributed by atoms with van der Waals surface area (Å²) in [6.45, 7) is 7.25. The van der Waals surface area contributed by atoms with Crippen LogP contribution < -0.4 is 4.90 Å². The van der Waals surface area contributed by atoms with Gasteiger partial charge in [-0.1, -0.05) is 0 Å². The predicted octanol–water partition coefficient (Wildman–Crippen LogP) is 2.62. The molecule has 1 spiro atoms. The van der Waals surface area contributed by atoms with E-state index in [2.05, 4.69) is 27.9 Å². The van der Waals surface area contributed by atoms with Gasteiger partial charge in [-0.25, -0.2) is 9.97 Å². The highest BCUT2D eigenvalue weighted by atomic mass is 16.6. The molecule has 0 N–H and O–H groups in total.